The minimum absolute atomic E-state index is 0.273. The highest BCUT2D eigenvalue weighted by atomic mass is 32.1. The molecule has 16 heavy (non-hydrogen) atoms. The Morgan fingerprint density at radius 1 is 1.56 bits per heavy atom. The van der Waals surface area contributed by atoms with Gasteiger partial charge in [0.05, 0.1) is 5.69 Å². The van der Waals surface area contributed by atoms with Crippen molar-refractivity contribution < 1.29 is 5.11 Å². The van der Waals surface area contributed by atoms with E-state index < -0.39 is 0 Å². The summed E-state index contributed by atoms with van der Waals surface area (Å²) in [5.41, 5.74) is 1.19. The number of aromatic nitrogens is 1. The second-order valence-corrected chi connectivity index (χ2v) is 5.17. The summed E-state index contributed by atoms with van der Waals surface area (Å²) in [4.78, 5) is 7.04. The molecule has 0 spiro atoms. The van der Waals surface area contributed by atoms with Crippen LogP contribution in [0.4, 0.5) is 5.13 Å². The highest BCUT2D eigenvalue weighted by molar-refractivity contribution is 7.13. The van der Waals surface area contributed by atoms with E-state index in [2.05, 4.69) is 22.2 Å². The van der Waals surface area contributed by atoms with Gasteiger partial charge in [0.15, 0.2) is 5.13 Å². The van der Waals surface area contributed by atoms with E-state index in [1.807, 2.05) is 0 Å². The van der Waals surface area contributed by atoms with Gasteiger partial charge >= 0.3 is 0 Å². The number of aryl methyl sites for hydroxylation is 1. The van der Waals surface area contributed by atoms with Crippen LogP contribution in [0.3, 0.4) is 0 Å². The zero-order valence-electron chi connectivity index (χ0n) is 9.85. The maximum Gasteiger partial charge on any atom is 0.185 e. The van der Waals surface area contributed by atoms with Gasteiger partial charge in [-0.05, 0) is 32.1 Å². The first kappa shape index (κ1) is 11.9. The van der Waals surface area contributed by atoms with Crippen molar-refractivity contribution in [3.63, 3.8) is 0 Å². The molecule has 0 aromatic carbocycles. The molecule has 0 bridgehead atoms. The lowest BCUT2D eigenvalue weighted by Gasteiger charge is -2.37. The van der Waals surface area contributed by atoms with E-state index in [0.29, 0.717) is 6.04 Å². The van der Waals surface area contributed by atoms with Crippen LogP contribution in [0, 0.1) is 0 Å². The first-order valence-electron chi connectivity index (χ1n) is 6.17. The van der Waals surface area contributed by atoms with Crippen LogP contribution in [0.15, 0.2) is 5.38 Å². The molecule has 1 aliphatic carbocycles. The molecular weight excluding hydrogens is 220 g/mol. The van der Waals surface area contributed by atoms with E-state index in [9.17, 15) is 0 Å². The summed E-state index contributed by atoms with van der Waals surface area (Å²) in [7, 11) is 0. The molecule has 3 nitrogen and oxygen atoms in total. The second-order valence-electron chi connectivity index (χ2n) is 4.33. The number of anilines is 1. The van der Waals surface area contributed by atoms with E-state index in [0.717, 1.165) is 24.5 Å². The largest absolute Gasteiger partial charge is 0.396 e. The van der Waals surface area contributed by atoms with Crippen molar-refractivity contribution in [1.82, 2.24) is 4.98 Å². The molecule has 1 aromatic rings. The molecule has 0 amide bonds. The van der Waals surface area contributed by atoms with Gasteiger partial charge in [0.25, 0.3) is 0 Å². The smallest absolute Gasteiger partial charge is 0.185 e. The Morgan fingerprint density at radius 2 is 2.38 bits per heavy atom. The van der Waals surface area contributed by atoms with Crippen LogP contribution in [0.5, 0.6) is 0 Å². The van der Waals surface area contributed by atoms with E-state index in [1.165, 1.54) is 25.0 Å². The molecule has 1 fully saturated rings. The average molecular weight is 240 g/mol. The topological polar surface area (TPSA) is 36.4 Å². The third-order valence-corrected chi connectivity index (χ3v) is 4.15. The van der Waals surface area contributed by atoms with Gasteiger partial charge in [-0.1, -0.05) is 6.92 Å². The van der Waals surface area contributed by atoms with Gasteiger partial charge in [-0.15, -0.1) is 11.3 Å². The van der Waals surface area contributed by atoms with Crippen LogP contribution < -0.4 is 4.90 Å². The van der Waals surface area contributed by atoms with E-state index in [-0.39, 0.29) is 6.61 Å². The highest BCUT2D eigenvalue weighted by Gasteiger charge is 2.26. The molecule has 0 aliphatic heterocycles. The molecule has 0 radical (unpaired) electrons. The van der Waals surface area contributed by atoms with Crippen molar-refractivity contribution in [3.8, 4) is 0 Å². The molecular formula is C12H20N2OS. The lowest BCUT2D eigenvalue weighted by atomic mass is 9.92. The number of hydrogen-bond donors (Lipinski definition) is 1. The van der Waals surface area contributed by atoms with Crippen molar-refractivity contribution in [3.05, 3.63) is 11.1 Å². The predicted octanol–water partition coefficient (Wildman–Crippen LogP) is 2.45. The predicted molar refractivity (Wildman–Crippen MR) is 68.2 cm³/mol. The Labute approximate surface area is 101 Å². The fraction of sp³-hybridized carbons (Fsp3) is 0.750. The monoisotopic (exact) mass is 240 g/mol. The summed E-state index contributed by atoms with van der Waals surface area (Å²) in [5, 5.41) is 12.2. The Kier molecular flexibility index (Phi) is 4.18. The summed E-state index contributed by atoms with van der Waals surface area (Å²) in [6.45, 7) is 3.35. The zero-order valence-corrected chi connectivity index (χ0v) is 10.7. The van der Waals surface area contributed by atoms with Crippen molar-refractivity contribution in [2.24, 2.45) is 0 Å². The molecule has 1 N–H and O–H groups in total. The SMILES string of the molecule is CCc1csc(N(CCCO)C2CCC2)n1. The molecule has 1 aromatic heterocycles. The first-order valence-corrected chi connectivity index (χ1v) is 7.05. The fourth-order valence-corrected chi connectivity index (χ4v) is 2.97. The maximum atomic E-state index is 8.94. The summed E-state index contributed by atoms with van der Waals surface area (Å²) in [5.74, 6) is 0. The Morgan fingerprint density at radius 3 is 2.88 bits per heavy atom. The number of rotatable bonds is 6. The van der Waals surface area contributed by atoms with Crippen LogP contribution in [-0.4, -0.2) is 29.3 Å². The van der Waals surface area contributed by atoms with Crippen molar-refractivity contribution in [1.29, 1.82) is 0 Å². The van der Waals surface area contributed by atoms with Crippen molar-refractivity contribution in [2.45, 2.75) is 45.1 Å². The van der Waals surface area contributed by atoms with E-state index >= 15 is 0 Å². The molecule has 0 unspecified atom stereocenters. The average Bonchev–Trinajstić information content (AvgIpc) is 2.69. The third kappa shape index (κ3) is 2.55. The Hall–Kier alpha value is -0.610. The van der Waals surface area contributed by atoms with Gasteiger partial charge in [-0.25, -0.2) is 4.98 Å². The van der Waals surface area contributed by atoms with E-state index in [4.69, 9.17) is 5.11 Å². The van der Waals surface area contributed by atoms with Crippen molar-refractivity contribution in [2.75, 3.05) is 18.1 Å². The summed E-state index contributed by atoms with van der Waals surface area (Å²) in [6, 6.07) is 0.669. The van der Waals surface area contributed by atoms with Gasteiger partial charge < -0.3 is 10.0 Å². The summed E-state index contributed by atoms with van der Waals surface area (Å²) >= 11 is 1.74. The fourth-order valence-electron chi connectivity index (χ4n) is 1.96. The molecule has 90 valence electrons. The first-order chi connectivity index (χ1) is 7.85. The van der Waals surface area contributed by atoms with Crippen molar-refractivity contribution >= 4 is 16.5 Å². The molecule has 1 heterocycles. The highest BCUT2D eigenvalue weighted by Crippen LogP contribution is 2.31. The second kappa shape index (κ2) is 5.64. The van der Waals surface area contributed by atoms with E-state index in [1.54, 1.807) is 11.3 Å². The third-order valence-electron chi connectivity index (χ3n) is 3.22. The van der Waals surface area contributed by atoms with Gasteiger partial charge in [-0.3, -0.25) is 0 Å². The standard InChI is InChI=1S/C12H20N2OS/c1-2-10-9-16-12(13-10)14(7-4-8-15)11-5-3-6-11/h9,11,15H,2-8H2,1H3. The molecule has 0 atom stereocenters. The van der Waals surface area contributed by atoms with Crippen LogP contribution in [0.1, 0.15) is 38.3 Å². The van der Waals surface area contributed by atoms with Gasteiger partial charge in [-0.2, -0.15) is 0 Å². The Bertz CT molecular complexity index is 323. The number of aliphatic hydroxyl groups excluding tert-OH is 1. The van der Waals surface area contributed by atoms with Gasteiger partial charge in [0, 0.05) is 24.6 Å². The molecule has 2 rings (SSSR count). The lowest BCUT2D eigenvalue weighted by molar-refractivity contribution is 0.283. The van der Waals surface area contributed by atoms with Gasteiger partial charge in [0.1, 0.15) is 0 Å². The Balaban J connectivity index is 2.04. The lowest BCUT2D eigenvalue weighted by Crippen LogP contribution is -2.41. The quantitative estimate of drug-likeness (QED) is 0.829. The number of aliphatic hydroxyl groups is 1. The number of hydrogen-bond acceptors (Lipinski definition) is 4. The summed E-state index contributed by atoms with van der Waals surface area (Å²) in [6.07, 6.45) is 5.76. The molecule has 1 saturated carbocycles. The normalized spacial score (nSPS) is 16.1. The maximum absolute atomic E-state index is 8.94. The van der Waals surface area contributed by atoms with Crippen LogP contribution in [0.2, 0.25) is 0 Å². The summed E-state index contributed by atoms with van der Waals surface area (Å²) < 4.78 is 0. The van der Waals surface area contributed by atoms with Gasteiger partial charge in [0.2, 0.25) is 0 Å². The minimum Gasteiger partial charge on any atom is -0.396 e. The molecule has 4 heteroatoms. The number of nitrogens with zero attached hydrogens (tertiary/aromatic N) is 2. The molecule has 0 saturated heterocycles. The minimum atomic E-state index is 0.273. The van der Waals surface area contributed by atoms with Crippen LogP contribution in [-0.2, 0) is 6.42 Å². The zero-order chi connectivity index (χ0) is 11.4. The van der Waals surface area contributed by atoms with Crippen LogP contribution in [0.25, 0.3) is 0 Å². The molecule has 1 aliphatic rings. The van der Waals surface area contributed by atoms with Crippen LogP contribution >= 0.6 is 11.3 Å². The number of thiazole rings is 1.